The normalized spacial score (nSPS) is 13.6. The fourth-order valence-electron chi connectivity index (χ4n) is 1.38. The molecule has 0 amide bonds. The summed E-state index contributed by atoms with van der Waals surface area (Å²) in [5.41, 5.74) is -1.33. The molecule has 0 aliphatic rings. The third kappa shape index (κ3) is 4.79. The predicted octanol–water partition coefficient (Wildman–Crippen LogP) is 2.56. The average Bonchev–Trinajstić information content (AvgIpc) is 2.16. The van der Waals surface area contributed by atoms with Gasteiger partial charge in [-0.25, -0.2) is 4.39 Å². The van der Waals surface area contributed by atoms with E-state index in [-0.39, 0.29) is 13.0 Å². The zero-order chi connectivity index (χ0) is 11.3. The summed E-state index contributed by atoms with van der Waals surface area (Å²) in [6.45, 7) is 2.77. The molecule has 1 aromatic carbocycles. The van der Waals surface area contributed by atoms with Crippen LogP contribution in [0.5, 0.6) is 5.75 Å². The number of para-hydroxylation sites is 1. The first-order valence-electron chi connectivity index (χ1n) is 5.03. The van der Waals surface area contributed by atoms with Gasteiger partial charge in [-0.1, -0.05) is 18.2 Å². The molecule has 0 spiro atoms. The molecule has 15 heavy (non-hydrogen) atoms. The molecule has 0 bridgehead atoms. The largest absolute Gasteiger partial charge is 0.488 e. The Labute approximate surface area is 89.7 Å². The van der Waals surface area contributed by atoms with Crippen molar-refractivity contribution in [2.24, 2.45) is 0 Å². The number of alkyl halides is 1. The minimum Gasteiger partial charge on any atom is -0.488 e. The van der Waals surface area contributed by atoms with Gasteiger partial charge in [-0.2, -0.15) is 0 Å². The average molecular weight is 212 g/mol. The fourth-order valence-corrected chi connectivity index (χ4v) is 1.38. The van der Waals surface area contributed by atoms with Crippen molar-refractivity contribution in [3.05, 3.63) is 30.3 Å². The maximum absolute atomic E-state index is 13.3. The van der Waals surface area contributed by atoms with E-state index in [1.54, 1.807) is 12.1 Å². The molecule has 2 nitrogen and oxygen atoms in total. The number of halogens is 1. The van der Waals surface area contributed by atoms with Crippen molar-refractivity contribution in [1.29, 1.82) is 0 Å². The van der Waals surface area contributed by atoms with Gasteiger partial charge in [0.15, 0.2) is 0 Å². The molecule has 0 aliphatic carbocycles. The van der Waals surface area contributed by atoms with Crippen LogP contribution < -0.4 is 4.74 Å². The van der Waals surface area contributed by atoms with Crippen LogP contribution >= 0.6 is 0 Å². The Kier molecular flexibility index (Phi) is 4.09. The van der Waals surface area contributed by atoms with Crippen LogP contribution in [-0.2, 0) is 0 Å². The molecule has 1 rings (SSSR count). The van der Waals surface area contributed by atoms with Gasteiger partial charge in [0.2, 0.25) is 0 Å². The number of rotatable bonds is 5. The summed E-state index contributed by atoms with van der Waals surface area (Å²) in [7, 11) is 0. The van der Waals surface area contributed by atoms with Gasteiger partial charge in [-0.15, -0.1) is 0 Å². The van der Waals surface area contributed by atoms with Crippen molar-refractivity contribution in [3.63, 3.8) is 0 Å². The van der Waals surface area contributed by atoms with Gasteiger partial charge in [-0.05, 0) is 26.0 Å². The van der Waals surface area contributed by atoms with Gasteiger partial charge < -0.3 is 9.84 Å². The maximum atomic E-state index is 13.3. The molecule has 0 aliphatic heterocycles. The monoisotopic (exact) mass is 212 g/mol. The highest BCUT2D eigenvalue weighted by atomic mass is 19.1. The minimum absolute atomic E-state index is 0.178. The maximum Gasteiger partial charge on any atom is 0.125 e. The Morgan fingerprint density at radius 2 is 1.93 bits per heavy atom. The van der Waals surface area contributed by atoms with E-state index in [2.05, 4.69) is 0 Å². The van der Waals surface area contributed by atoms with E-state index in [4.69, 9.17) is 9.84 Å². The second kappa shape index (κ2) is 5.12. The first kappa shape index (κ1) is 12.0. The van der Waals surface area contributed by atoms with E-state index < -0.39 is 11.8 Å². The van der Waals surface area contributed by atoms with E-state index in [1.165, 1.54) is 13.8 Å². The minimum atomic E-state index is -1.33. The molecule has 1 atom stereocenters. The third-order valence-electron chi connectivity index (χ3n) is 1.96. The highest BCUT2D eigenvalue weighted by Crippen LogP contribution is 2.20. The summed E-state index contributed by atoms with van der Waals surface area (Å²) in [5, 5.41) is 9.06. The SMILES string of the molecule is CC(C)(F)CC(CO)Oc1ccccc1. The number of ether oxygens (including phenoxy) is 1. The van der Waals surface area contributed by atoms with Crippen LogP contribution in [0.3, 0.4) is 0 Å². The fraction of sp³-hybridized carbons (Fsp3) is 0.500. The molecule has 0 aromatic heterocycles. The number of benzene rings is 1. The van der Waals surface area contributed by atoms with E-state index >= 15 is 0 Å². The zero-order valence-corrected chi connectivity index (χ0v) is 9.11. The molecule has 1 aromatic rings. The van der Waals surface area contributed by atoms with Crippen molar-refractivity contribution in [2.45, 2.75) is 32.0 Å². The van der Waals surface area contributed by atoms with Gasteiger partial charge >= 0.3 is 0 Å². The molecule has 3 heteroatoms. The Morgan fingerprint density at radius 3 is 2.40 bits per heavy atom. The molecule has 0 saturated heterocycles. The van der Waals surface area contributed by atoms with Gasteiger partial charge in [0.05, 0.1) is 6.61 Å². The molecule has 0 heterocycles. The van der Waals surface area contributed by atoms with Crippen molar-refractivity contribution < 1.29 is 14.2 Å². The molecule has 0 radical (unpaired) electrons. The molecule has 1 N–H and O–H groups in total. The summed E-state index contributed by atoms with van der Waals surface area (Å²) in [6.07, 6.45) is -0.314. The summed E-state index contributed by atoms with van der Waals surface area (Å²) < 4.78 is 18.8. The van der Waals surface area contributed by atoms with Crippen molar-refractivity contribution in [3.8, 4) is 5.75 Å². The van der Waals surface area contributed by atoms with Crippen molar-refractivity contribution >= 4 is 0 Å². The lowest BCUT2D eigenvalue weighted by Gasteiger charge is -2.22. The summed E-state index contributed by atoms with van der Waals surface area (Å²) in [4.78, 5) is 0. The van der Waals surface area contributed by atoms with Crippen LogP contribution in [0.25, 0.3) is 0 Å². The molecule has 1 unspecified atom stereocenters. The van der Waals surface area contributed by atoms with Crippen molar-refractivity contribution in [1.82, 2.24) is 0 Å². The van der Waals surface area contributed by atoms with Crippen LogP contribution in [0.2, 0.25) is 0 Å². The Morgan fingerprint density at radius 1 is 1.33 bits per heavy atom. The van der Waals surface area contributed by atoms with Crippen molar-refractivity contribution in [2.75, 3.05) is 6.61 Å². The number of hydrogen-bond donors (Lipinski definition) is 1. The Balaban J connectivity index is 2.55. The standard InChI is InChI=1S/C12H17FO2/c1-12(2,13)8-11(9-14)15-10-6-4-3-5-7-10/h3-7,11,14H,8-9H2,1-2H3. The molecule has 84 valence electrons. The predicted molar refractivity (Wildman–Crippen MR) is 57.7 cm³/mol. The lowest BCUT2D eigenvalue weighted by molar-refractivity contribution is 0.0583. The van der Waals surface area contributed by atoms with E-state index in [0.29, 0.717) is 5.75 Å². The highest BCUT2D eigenvalue weighted by Gasteiger charge is 2.23. The van der Waals surface area contributed by atoms with Crippen LogP contribution in [-0.4, -0.2) is 23.5 Å². The Bertz CT molecular complexity index is 279. The lowest BCUT2D eigenvalue weighted by Crippen LogP contribution is -2.29. The van der Waals surface area contributed by atoms with Crippen LogP contribution in [0, 0.1) is 0 Å². The summed E-state index contributed by atoms with van der Waals surface area (Å²) >= 11 is 0. The van der Waals surface area contributed by atoms with E-state index in [9.17, 15) is 4.39 Å². The molecule has 0 saturated carbocycles. The number of aliphatic hydroxyl groups is 1. The second-order valence-electron chi connectivity index (χ2n) is 4.16. The first-order chi connectivity index (χ1) is 7.01. The molecular formula is C12H17FO2. The van der Waals surface area contributed by atoms with Gasteiger partial charge in [0.25, 0.3) is 0 Å². The van der Waals surface area contributed by atoms with E-state index in [0.717, 1.165) is 0 Å². The third-order valence-corrected chi connectivity index (χ3v) is 1.96. The van der Waals surface area contributed by atoms with Crippen LogP contribution in [0.15, 0.2) is 30.3 Å². The van der Waals surface area contributed by atoms with Gasteiger partial charge in [0, 0.05) is 6.42 Å². The summed E-state index contributed by atoms with van der Waals surface area (Å²) in [6, 6.07) is 9.12. The smallest absolute Gasteiger partial charge is 0.125 e. The zero-order valence-electron chi connectivity index (χ0n) is 9.11. The molecule has 0 fully saturated rings. The van der Waals surface area contributed by atoms with Crippen LogP contribution in [0.4, 0.5) is 4.39 Å². The highest BCUT2D eigenvalue weighted by molar-refractivity contribution is 5.21. The first-order valence-corrected chi connectivity index (χ1v) is 5.03. The summed E-state index contributed by atoms with van der Waals surface area (Å²) in [5.74, 6) is 0.654. The van der Waals surface area contributed by atoms with Crippen LogP contribution in [0.1, 0.15) is 20.3 Å². The van der Waals surface area contributed by atoms with Gasteiger partial charge in [-0.3, -0.25) is 0 Å². The lowest BCUT2D eigenvalue weighted by atomic mass is 10.0. The topological polar surface area (TPSA) is 29.5 Å². The molecular weight excluding hydrogens is 195 g/mol. The quantitative estimate of drug-likeness (QED) is 0.812. The second-order valence-corrected chi connectivity index (χ2v) is 4.16. The Hall–Kier alpha value is -1.09. The number of hydrogen-bond acceptors (Lipinski definition) is 2. The number of aliphatic hydroxyl groups excluding tert-OH is 1. The van der Waals surface area contributed by atoms with Gasteiger partial charge in [0.1, 0.15) is 17.5 Å². The van der Waals surface area contributed by atoms with E-state index in [1.807, 2.05) is 18.2 Å².